The molecule has 182 valence electrons. The molecular weight excluding hydrogens is 434 g/mol. The van der Waals surface area contributed by atoms with E-state index in [4.69, 9.17) is 15.2 Å². The topological polar surface area (TPSA) is 97.1 Å². The summed E-state index contributed by atoms with van der Waals surface area (Å²) in [7, 11) is 0. The summed E-state index contributed by atoms with van der Waals surface area (Å²) in [6.07, 6.45) is 5.86. The van der Waals surface area contributed by atoms with Gasteiger partial charge in [-0.1, -0.05) is 6.42 Å². The van der Waals surface area contributed by atoms with Crippen molar-refractivity contribution >= 4 is 23.2 Å². The third-order valence-electron chi connectivity index (χ3n) is 6.61. The van der Waals surface area contributed by atoms with Crippen LogP contribution < -0.4 is 20.7 Å². The lowest BCUT2D eigenvalue weighted by Gasteiger charge is -2.36. The highest BCUT2D eigenvalue weighted by Crippen LogP contribution is 2.35. The lowest BCUT2D eigenvalue weighted by atomic mass is 9.84. The third kappa shape index (κ3) is 6.18. The van der Waals surface area contributed by atoms with Crippen molar-refractivity contribution in [1.82, 2.24) is 4.90 Å². The van der Waals surface area contributed by atoms with Gasteiger partial charge >= 0.3 is 6.61 Å². The van der Waals surface area contributed by atoms with Crippen molar-refractivity contribution in [2.24, 2.45) is 17.6 Å². The fraction of sp³-hybridized carbons (Fsp3) is 0.652. The highest BCUT2D eigenvalue weighted by atomic mass is 19.3. The molecule has 0 bridgehead atoms. The van der Waals surface area contributed by atoms with Crippen LogP contribution in [-0.2, 0) is 14.3 Å². The molecule has 0 radical (unpaired) electrons. The number of amides is 2. The maximum Gasteiger partial charge on any atom is 0.387 e. The minimum atomic E-state index is -3.08. The molecule has 8 nitrogen and oxygen atoms in total. The second-order valence-corrected chi connectivity index (χ2v) is 9.09. The van der Waals surface area contributed by atoms with Gasteiger partial charge in [0, 0.05) is 37.9 Å². The van der Waals surface area contributed by atoms with E-state index in [1.807, 2.05) is 0 Å². The molecule has 33 heavy (non-hydrogen) atoms. The molecule has 1 aromatic rings. The van der Waals surface area contributed by atoms with Gasteiger partial charge in [0.25, 0.3) is 5.91 Å². The summed E-state index contributed by atoms with van der Waals surface area (Å²) in [5, 5.41) is 2.74. The average molecular weight is 467 g/mol. The normalized spacial score (nSPS) is 20.2. The van der Waals surface area contributed by atoms with Crippen molar-refractivity contribution in [3.63, 3.8) is 0 Å². The maximum atomic E-state index is 13.2. The van der Waals surface area contributed by atoms with Crippen molar-refractivity contribution < 1.29 is 27.8 Å². The van der Waals surface area contributed by atoms with Crippen LogP contribution >= 0.6 is 0 Å². The van der Waals surface area contributed by atoms with Gasteiger partial charge in [-0.05, 0) is 49.7 Å². The molecule has 2 aliphatic carbocycles. The molecule has 0 unspecified atom stereocenters. The molecule has 1 aromatic carbocycles. The quantitative estimate of drug-likeness (QED) is 0.520. The monoisotopic (exact) mass is 466 g/mol. The van der Waals surface area contributed by atoms with E-state index in [1.54, 1.807) is 6.07 Å². The first-order valence-electron chi connectivity index (χ1n) is 11.7. The molecule has 3 N–H and O–H groups in total. The molecule has 2 amide bonds. The highest BCUT2D eigenvalue weighted by Gasteiger charge is 2.34. The summed E-state index contributed by atoms with van der Waals surface area (Å²) in [5.74, 6) is 0.366. The van der Waals surface area contributed by atoms with Crippen LogP contribution in [-0.4, -0.2) is 68.8 Å². The number of ether oxygens (including phenoxy) is 2. The number of nitrogens with zero attached hydrogens (tertiary/aromatic N) is 2. The summed E-state index contributed by atoms with van der Waals surface area (Å²) in [6.45, 7) is -0.701. The van der Waals surface area contributed by atoms with Crippen molar-refractivity contribution in [3.8, 4) is 5.75 Å². The van der Waals surface area contributed by atoms with Gasteiger partial charge in [0.05, 0.1) is 12.3 Å². The summed E-state index contributed by atoms with van der Waals surface area (Å²) in [6, 6.07) is 3.88. The second-order valence-electron chi connectivity index (χ2n) is 9.09. The van der Waals surface area contributed by atoms with Crippen molar-refractivity contribution in [2.45, 2.75) is 44.8 Å². The van der Waals surface area contributed by atoms with Crippen LogP contribution in [0.2, 0.25) is 0 Å². The van der Waals surface area contributed by atoms with Crippen LogP contribution in [0.15, 0.2) is 18.2 Å². The highest BCUT2D eigenvalue weighted by molar-refractivity contribution is 5.98. The number of anilines is 2. The van der Waals surface area contributed by atoms with E-state index in [9.17, 15) is 18.4 Å². The number of nitrogens with two attached hydrogens (primary N) is 1. The molecule has 3 aliphatic rings. The van der Waals surface area contributed by atoms with Crippen LogP contribution in [0.5, 0.6) is 5.75 Å². The standard InChI is InChI=1S/C23H32F2N4O4/c24-23(25)33-20-10-17(29-8-9-32-14-21(29)30)6-7-18(20)27-22(31)19(11-26)28(13-16-4-5-16)12-15-2-1-3-15/h6-7,10,15-16,19,23H,1-5,8-9,11-14,26H2,(H,27,31)/t19-/m0/s1. The van der Waals surface area contributed by atoms with E-state index >= 15 is 0 Å². The van der Waals surface area contributed by atoms with E-state index in [1.165, 1.54) is 23.5 Å². The molecule has 3 fully saturated rings. The Morgan fingerprint density at radius 3 is 2.55 bits per heavy atom. The fourth-order valence-corrected chi connectivity index (χ4v) is 4.37. The summed E-state index contributed by atoms with van der Waals surface area (Å²) in [5.41, 5.74) is 6.54. The molecule has 4 rings (SSSR count). The Kier molecular flexibility index (Phi) is 7.77. The minimum absolute atomic E-state index is 0.0699. The number of alkyl halides is 2. The first-order valence-corrected chi connectivity index (χ1v) is 11.7. The van der Waals surface area contributed by atoms with Gasteiger partial charge < -0.3 is 25.4 Å². The van der Waals surface area contributed by atoms with E-state index < -0.39 is 12.7 Å². The van der Waals surface area contributed by atoms with E-state index in [-0.39, 0.29) is 36.4 Å². The van der Waals surface area contributed by atoms with E-state index in [0.29, 0.717) is 30.7 Å². The summed E-state index contributed by atoms with van der Waals surface area (Å²) < 4.78 is 36.0. The van der Waals surface area contributed by atoms with Gasteiger partial charge in [0.2, 0.25) is 5.91 Å². The molecule has 1 aliphatic heterocycles. The second kappa shape index (κ2) is 10.8. The van der Waals surface area contributed by atoms with Gasteiger partial charge in [-0.25, -0.2) is 0 Å². The molecule has 1 atom stereocenters. The maximum absolute atomic E-state index is 13.2. The SMILES string of the molecule is NC[C@@H](C(=O)Nc1ccc(N2CCOCC2=O)cc1OC(F)F)N(CC1CCC1)CC1CC1. The van der Waals surface area contributed by atoms with Gasteiger partial charge in [0.15, 0.2) is 5.75 Å². The number of halogens is 2. The molecule has 0 aromatic heterocycles. The molecule has 1 saturated heterocycles. The lowest BCUT2D eigenvalue weighted by molar-refractivity contribution is -0.125. The van der Waals surface area contributed by atoms with Gasteiger partial charge in [-0.3, -0.25) is 14.5 Å². The minimum Gasteiger partial charge on any atom is -0.433 e. The Labute approximate surface area is 192 Å². The Balaban J connectivity index is 1.50. The van der Waals surface area contributed by atoms with Gasteiger partial charge in [0.1, 0.15) is 12.6 Å². The Morgan fingerprint density at radius 1 is 1.24 bits per heavy atom. The zero-order chi connectivity index (χ0) is 23.4. The van der Waals surface area contributed by atoms with Crippen LogP contribution in [0.25, 0.3) is 0 Å². The Bertz CT molecular complexity index is 848. The molecule has 1 heterocycles. The Hall–Kier alpha value is -2.30. The van der Waals surface area contributed by atoms with Crippen LogP contribution in [0, 0.1) is 11.8 Å². The van der Waals surface area contributed by atoms with Crippen LogP contribution in [0.1, 0.15) is 32.1 Å². The molecule has 0 spiro atoms. The van der Waals surface area contributed by atoms with Crippen molar-refractivity contribution in [2.75, 3.05) is 49.6 Å². The number of hydrogen-bond donors (Lipinski definition) is 2. The number of morpholine rings is 1. The number of benzene rings is 1. The van der Waals surface area contributed by atoms with Crippen molar-refractivity contribution in [3.05, 3.63) is 18.2 Å². The number of nitrogens with one attached hydrogen (secondary N) is 1. The lowest BCUT2D eigenvalue weighted by Crippen LogP contribution is -2.51. The number of carbonyl (C=O) groups is 2. The largest absolute Gasteiger partial charge is 0.433 e. The van der Waals surface area contributed by atoms with Crippen LogP contribution in [0.3, 0.4) is 0 Å². The predicted molar refractivity (Wildman–Crippen MR) is 119 cm³/mol. The van der Waals surface area contributed by atoms with Crippen LogP contribution in [0.4, 0.5) is 20.2 Å². The number of carbonyl (C=O) groups excluding carboxylic acids is 2. The molecule has 2 saturated carbocycles. The number of hydrogen-bond acceptors (Lipinski definition) is 6. The molecular formula is C23H32F2N4O4. The first-order chi connectivity index (χ1) is 15.9. The Morgan fingerprint density at radius 2 is 1.97 bits per heavy atom. The van der Waals surface area contributed by atoms with Gasteiger partial charge in [-0.2, -0.15) is 8.78 Å². The zero-order valence-corrected chi connectivity index (χ0v) is 18.7. The smallest absolute Gasteiger partial charge is 0.387 e. The summed E-state index contributed by atoms with van der Waals surface area (Å²) >= 11 is 0. The average Bonchev–Trinajstić information content (AvgIpc) is 3.56. The van der Waals surface area contributed by atoms with Crippen molar-refractivity contribution in [1.29, 1.82) is 0 Å². The zero-order valence-electron chi connectivity index (χ0n) is 18.7. The molecule has 10 heteroatoms. The third-order valence-corrected chi connectivity index (χ3v) is 6.61. The predicted octanol–water partition coefficient (Wildman–Crippen LogP) is 2.43. The fourth-order valence-electron chi connectivity index (χ4n) is 4.37. The first kappa shape index (κ1) is 23.8. The van der Waals surface area contributed by atoms with E-state index in [0.717, 1.165) is 38.8 Å². The summed E-state index contributed by atoms with van der Waals surface area (Å²) in [4.78, 5) is 28.9. The van der Waals surface area contributed by atoms with E-state index in [2.05, 4.69) is 10.2 Å². The van der Waals surface area contributed by atoms with Gasteiger partial charge in [-0.15, -0.1) is 0 Å². The number of rotatable bonds is 11.